The Hall–Kier alpha value is -4.28. The number of benzene rings is 2. The number of nitro groups is 1. The first-order chi connectivity index (χ1) is 13.9. The highest BCUT2D eigenvalue weighted by molar-refractivity contribution is 6.11. The zero-order valence-corrected chi connectivity index (χ0v) is 15.0. The number of carbonyl (C=O) groups excluding carboxylic acids is 2. The van der Waals surface area contributed by atoms with E-state index in [0.717, 1.165) is 0 Å². The first kappa shape index (κ1) is 19.5. The zero-order valence-electron chi connectivity index (χ0n) is 15.0. The second kappa shape index (κ2) is 8.61. The SMILES string of the molecule is N/C(=N\C1=NC(CC(=O)Nc2ccccc2[N+](=O)[O-])C(=O)N1)Nc1ccccc1. The molecule has 2 aromatic rings. The first-order valence-electron chi connectivity index (χ1n) is 8.50. The van der Waals surface area contributed by atoms with Crippen LogP contribution in [0.15, 0.2) is 64.6 Å². The van der Waals surface area contributed by atoms with E-state index in [1.807, 2.05) is 18.2 Å². The summed E-state index contributed by atoms with van der Waals surface area (Å²) in [6, 6.07) is 13.7. The molecule has 1 aliphatic rings. The lowest BCUT2D eigenvalue weighted by molar-refractivity contribution is -0.383. The zero-order chi connectivity index (χ0) is 20.8. The van der Waals surface area contributed by atoms with Crippen molar-refractivity contribution in [3.05, 3.63) is 64.7 Å². The van der Waals surface area contributed by atoms with E-state index < -0.39 is 22.8 Å². The van der Waals surface area contributed by atoms with Gasteiger partial charge in [0.05, 0.1) is 11.3 Å². The molecule has 148 valence electrons. The topological polar surface area (TPSA) is 164 Å². The van der Waals surface area contributed by atoms with Crippen molar-refractivity contribution in [1.82, 2.24) is 5.32 Å². The number of anilines is 2. The van der Waals surface area contributed by atoms with Gasteiger partial charge in [0.25, 0.3) is 11.6 Å². The average Bonchev–Trinajstić information content (AvgIpc) is 3.01. The Kier molecular flexibility index (Phi) is 5.78. The molecule has 11 nitrogen and oxygen atoms in total. The van der Waals surface area contributed by atoms with Crippen LogP contribution >= 0.6 is 0 Å². The number of nitrogens with two attached hydrogens (primary N) is 1. The van der Waals surface area contributed by atoms with Gasteiger partial charge in [-0.2, -0.15) is 4.99 Å². The van der Waals surface area contributed by atoms with Crippen LogP contribution in [-0.2, 0) is 9.59 Å². The lowest BCUT2D eigenvalue weighted by atomic mass is 10.2. The standard InChI is InChI=1S/C18H17N7O4/c19-17(20-11-6-2-1-3-7-11)24-18-22-13(16(27)23-18)10-15(26)21-12-8-4-5-9-14(12)25(28)29/h1-9,13H,10H2,(H,21,26)(H4,19,20,22,23,24,27). The third kappa shape index (κ3) is 5.13. The Morgan fingerprint density at radius 1 is 1.17 bits per heavy atom. The second-order valence-corrected chi connectivity index (χ2v) is 5.97. The number of nitrogens with one attached hydrogen (secondary N) is 3. The molecule has 0 spiro atoms. The van der Waals surface area contributed by atoms with E-state index in [1.54, 1.807) is 18.2 Å². The molecule has 1 unspecified atom stereocenters. The normalized spacial score (nSPS) is 16.0. The van der Waals surface area contributed by atoms with Crippen LogP contribution in [0.5, 0.6) is 0 Å². The van der Waals surface area contributed by atoms with E-state index in [2.05, 4.69) is 25.9 Å². The Labute approximate surface area is 164 Å². The number of nitro benzene ring substituents is 1. The average molecular weight is 395 g/mol. The summed E-state index contributed by atoms with van der Waals surface area (Å²) >= 11 is 0. The van der Waals surface area contributed by atoms with Gasteiger partial charge in [-0.15, -0.1) is 0 Å². The molecule has 3 rings (SSSR count). The Balaban J connectivity index is 1.63. The molecule has 2 aromatic carbocycles. The minimum absolute atomic E-state index is 0.0141. The summed E-state index contributed by atoms with van der Waals surface area (Å²) in [5.74, 6) is -1.13. The third-order valence-electron chi connectivity index (χ3n) is 3.84. The molecule has 5 N–H and O–H groups in total. The van der Waals surface area contributed by atoms with E-state index in [-0.39, 0.29) is 29.7 Å². The van der Waals surface area contributed by atoms with Gasteiger partial charge >= 0.3 is 0 Å². The summed E-state index contributed by atoms with van der Waals surface area (Å²) < 4.78 is 0. The molecule has 1 heterocycles. The molecule has 2 amide bonds. The van der Waals surface area contributed by atoms with Gasteiger partial charge in [0.15, 0.2) is 0 Å². The minimum Gasteiger partial charge on any atom is -0.369 e. The number of carbonyl (C=O) groups is 2. The van der Waals surface area contributed by atoms with Gasteiger partial charge in [-0.05, 0) is 18.2 Å². The van der Waals surface area contributed by atoms with E-state index in [1.165, 1.54) is 18.2 Å². The van der Waals surface area contributed by atoms with Gasteiger partial charge in [-0.25, -0.2) is 4.99 Å². The quantitative estimate of drug-likeness (QED) is 0.257. The fourth-order valence-electron chi connectivity index (χ4n) is 2.55. The summed E-state index contributed by atoms with van der Waals surface area (Å²) in [6.07, 6.45) is -0.303. The highest BCUT2D eigenvalue weighted by Crippen LogP contribution is 2.23. The van der Waals surface area contributed by atoms with Gasteiger partial charge in [0.2, 0.25) is 17.8 Å². The highest BCUT2D eigenvalue weighted by atomic mass is 16.6. The molecule has 0 aliphatic carbocycles. The number of para-hydroxylation sites is 3. The number of aliphatic imine (C=N–C) groups is 2. The molecule has 0 bridgehead atoms. The number of rotatable bonds is 5. The van der Waals surface area contributed by atoms with Crippen molar-refractivity contribution in [2.45, 2.75) is 12.5 Å². The number of amides is 2. The minimum atomic E-state index is -1.01. The molecular weight excluding hydrogens is 378 g/mol. The van der Waals surface area contributed by atoms with Crippen LogP contribution in [0.2, 0.25) is 0 Å². The predicted molar refractivity (Wildman–Crippen MR) is 107 cm³/mol. The Morgan fingerprint density at radius 3 is 2.59 bits per heavy atom. The Bertz CT molecular complexity index is 1000. The lowest BCUT2D eigenvalue weighted by Crippen LogP contribution is -2.32. The molecule has 0 fully saturated rings. The smallest absolute Gasteiger partial charge is 0.292 e. The van der Waals surface area contributed by atoms with Gasteiger partial charge < -0.3 is 16.4 Å². The van der Waals surface area contributed by atoms with Crippen molar-refractivity contribution in [3.8, 4) is 0 Å². The van der Waals surface area contributed by atoms with Crippen molar-refractivity contribution in [2.75, 3.05) is 10.6 Å². The van der Waals surface area contributed by atoms with Crippen LogP contribution in [-0.4, -0.2) is 34.7 Å². The molecule has 29 heavy (non-hydrogen) atoms. The van der Waals surface area contributed by atoms with Gasteiger partial charge in [0, 0.05) is 11.8 Å². The van der Waals surface area contributed by atoms with Crippen molar-refractivity contribution in [1.29, 1.82) is 0 Å². The van der Waals surface area contributed by atoms with E-state index in [9.17, 15) is 19.7 Å². The number of nitrogens with zero attached hydrogens (tertiary/aromatic N) is 3. The second-order valence-electron chi connectivity index (χ2n) is 5.97. The van der Waals surface area contributed by atoms with Crippen LogP contribution in [0, 0.1) is 10.1 Å². The largest absolute Gasteiger partial charge is 0.369 e. The van der Waals surface area contributed by atoms with Crippen molar-refractivity contribution >= 4 is 40.8 Å². The summed E-state index contributed by atoms with van der Waals surface area (Å²) in [4.78, 5) is 42.7. The van der Waals surface area contributed by atoms with E-state index in [4.69, 9.17) is 5.73 Å². The molecule has 0 radical (unpaired) electrons. The number of hydrogen-bond donors (Lipinski definition) is 4. The van der Waals surface area contributed by atoms with Gasteiger partial charge in [-0.3, -0.25) is 25.0 Å². The lowest BCUT2D eigenvalue weighted by Gasteiger charge is -2.07. The molecule has 11 heteroatoms. The Morgan fingerprint density at radius 2 is 1.86 bits per heavy atom. The molecule has 1 atom stereocenters. The molecule has 0 aromatic heterocycles. The van der Waals surface area contributed by atoms with Crippen molar-refractivity contribution in [2.24, 2.45) is 15.7 Å². The van der Waals surface area contributed by atoms with Crippen molar-refractivity contribution in [3.63, 3.8) is 0 Å². The maximum Gasteiger partial charge on any atom is 0.292 e. The van der Waals surface area contributed by atoms with E-state index in [0.29, 0.717) is 5.69 Å². The van der Waals surface area contributed by atoms with Crippen LogP contribution in [0.1, 0.15) is 6.42 Å². The number of guanidine groups is 2. The summed E-state index contributed by atoms with van der Waals surface area (Å²) in [7, 11) is 0. The third-order valence-corrected chi connectivity index (χ3v) is 3.84. The predicted octanol–water partition coefficient (Wildman–Crippen LogP) is 1.20. The maximum atomic E-state index is 12.2. The fourth-order valence-corrected chi connectivity index (χ4v) is 2.55. The fraction of sp³-hybridized carbons (Fsp3) is 0.111. The molecule has 1 aliphatic heterocycles. The van der Waals surface area contributed by atoms with Crippen LogP contribution < -0.4 is 21.7 Å². The number of hydrogen-bond acceptors (Lipinski definition) is 6. The van der Waals surface area contributed by atoms with Crippen molar-refractivity contribution < 1.29 is 14.5 Å². The molecular formula is C18H17N7O4. The highest BCUT2D eigenvalue weighted by Gasteiger charge is 2.29. The molecule has 0 saturated heterocycles. The summed E-state index contributed by atoms with van der Waals surface area (Å²) in [5.41, 5.74) is 6.29. The van der Waals surface area contributed by atoms with Crippen LogP contribution in [0.4, 0.5) is 17.1 Å². The van der Waals surface area contributed by atoms with Gasteiger partial charge in [0.1, 0.15) is 11.7 Å². The summed E-state index contributed by atoms with van der Waals surface area (Å²) in [5, 5.41) is 18.7. The first-order valence-corrected chi connectivity index (χ1v) is 8.50. The van der Waals surface area contributed by atoms with E-state index >= 15 is 0 Å². The maximum absolute atomic E-state index is 12.2. The van der Waals surface area contributed by atoms with Gasteiger partial charge in [-0.1, -0.05) is 30.3 Å². The van der Waals surface area contributed by atoms with Crippen LogP contribution in [0.25, 0.3) is 0 Å². The van der Waals surface area contributed by atoms with Crippen LogP contribution in [0.3, 0.4) is 0 Å². The summed E-state index contributed by atoms with van der Waals surface area (Å²) in [6.45, 7) is 0. The molecule has 0 saturated carbocycles. The monoisotopic (exact) mass is 395 g/mol.